The van der Waals surface area contributed by atoms with Gasteiger partial charge in [0.1, 0.15) is 5.69 Å². The number of aromatic amines is 1. The molecular weight excluding hydrogens is 358 g/mol. The number of Topliss-reactive ketones (excluding diaryl/α,β-unsaturated/α-hetero) is 1. The third kappa shape index (κ3) is 3.52. The lowest BCUT2D eigenvalue weighted by Gasteiger charge is -2.01. The normalized spacial score (nSPS) is 10.8. The number of nitrogens with zero attached hydrogens (tertiary/aromatic N) is 2. The molecular formula is C18H16ClN3O4. The van der Waals surface area contributed by atoms with Crippen LogP contribution in [0.3, 0.4) is 0 Å². The molecule has 0 saturated heterocycles. The molecule has 2 aromatic heterocycles. The van der Waals surface area contributed by atoms with Crippen LogP contribution in [0.25, 0.3) is 11.5 Å². The Morgan fingerprint density at radius 2 is 1.92 bits per heavy atom. The summed E-state index contributed by atoms with van der Waals surface area (Å²) in [5, 5.41) is 4.39. The molecule has 0 aliphatic rings. The van der Waals surface area contributed by atoms with E-state index < -0.39 is 5.97 Å². The number of ether oxygens (including phenoxy) is 1. The molecule has 7 nitrogen and oxygen atoms in total. The zero-order valence-electron chi connectivity index (χ0n) is 14.4. The number of esters is 1. The van der Waals surface area contributed by atoms with Crippen LogP contribution in [0, 0.1) is 13.8 Å². The molecule has 0 bridgehead atoms. The van der Waals surface area contributed by atoms with Crippen LogP contribution in [0.5, 0.6) is 0 Å². The Labute approximate surface area is 154 Å². The second-order valence-corrected chi connectivity index (χ2v) is 6.22. The Balaban J connectivity index is 1.70. The molecule has 1 aromatic carbocycles. The van der Waals surface area contributed by atoms with E-state index in [2.05, 4.69) is 15.1 Å². The average Bonchev–Trinajstić information content (AvgIpc) is 3.18. The van der Waals surface area contributed by atoms with Gasteiger partial charge in [-0.1, -0.05) is 16.8 Å². The highest BCUT2D eigenvalue weighted by molar-refractivity contribution is 6.30. The molecule has 0 aliphatic carbocycles. The predicted molar refractivity (Wildman–Crippen MR) is 94.1 cm³/mol. The first kappa shape index (κ1) is 17.9. The lowest BCUT2D eigenvalue weighted by atomic mass is 10.1. The molecule has 8 heteroatoms. The summed E-state index contributed by atoms with van der Waals surface area (Å²) >= 11 is 5.84. The van der Waals surface area contributed by atoms with Gasteiger partial charge in [0.25, 0.3) is 5.89 Å². The van der Waals surface area contributed by atoms with Crippen molar-refractivity contribution < 1.29 is 18.8 Å². The second-order valence-electron chi connectivity index (χ2n) is 5.78. The molecule has 0 spiro atoms. The van der Waals surface area contributed by atoms with Crippen LogP contribution in [0.4, 0.5) is 0 Å². The van der Waals surface area contributed by atoms with Crippen LogP contribution in [-0.4, -0.2) is 26.9 Å². The Morgan fingerprint density at radius 1 is 1.23 bits per heavy atom. The number of aromatic nitrogens is 3. The summed E-state index contributed by atoms with van der Waals surface area (Å²) in [6.45, 7) is 4.74. The smallest absolute Gasteiger partial charge is 0.355 e. The van der Waals surface area contributed by atoms with Crippen molar-refractivity contribution in [2.45, 2.75) is 27.4 Å². The fourth-order valence-electron chi connectivity index (χ4n) is 2.71. The van der Waals surface area contributed by atoms with Gasteiger partial charge in [0.05, 0.1) is 0 Å². The van der Waals surface area contributed by atoms with Crippen molar-refractivity contribution in [3.8, 4) is 11.5 Å². The van der Waals surface area contributed by atoms with E-state index in [1.54, 1.807) is 38.1 Å². The van der Waals surface area contributed by atoms with E-state index in [-0.39, 0.29) is 23.9 Å². The summed E-state index contributed by atoms with van der Waals surface area (Å²) in [6.07, 6.45) is 0. The summed E-state index contributed by atoms with van der Waals surface area (Å²) in [5.74, 6) is -0.161. The Morgan fingerprint density at radius 3 is 2.54 bits per heavy atom. The SMILES string of the molecule is CC(=O)c1c(C)[nH]c(C(=O)OCc2noc(-c3ccc(Cl)cc3)n2)c1C. The van der Waals surface area contributed by atoms with Crippen molar-refractivity contribution >= 4 is 23.4 Å². The van der Waals surface area contributed by atoms with Gasteiger partial charge in [-0.25, -0.2) is 4.79 Å². The van der Waals surface area contributed by atoms with E-state index in [1.807, 2.05) is 0 Å². The lowest BCUT2D eigenvalue weighted by Crippen LogP contribution is -2.08. The topological polar surface area (TPSA) is 98.1 Å². The molecule has 0 saturated carbocycles. The number of carbonyl (C=O) groups is 2. The van der Waals surface area contributed by atoms with Gasteiger partial charge in [-0.3, -0.25) is 4.79 Å². The Bertz CT molecular complexity index is 973. The minimum atomic E-state index is -0.587. The summed E-state index contributed by atoms with van der Waals surface area (Å²) in [7, 11) is 0. The number of nitrogens with one attached hydrogen (secondary N) is 1. The monoisotopic (exact) mass is 373 g/mol. The van der Waals surface area contributed by atoms with E-state index >= 15 is 0 Å². The minimum absolute atomic E-state index is 0.110. The first-order valence-electron chi connectivity index (χ1n) is 7.82. The summed E-state index contributed by atoms with van der Waals surface area (Å²) in [5.41, 5.74) is 2.65. The van der Waals surface area contributed by atoms with Gasteiger partial charge in [-0.2, -0.15) is 4.98 Å². The fourth-order valence-corrected chi connectivity index (χ4v) is 2.83. The number of halogens is 1. The Hall–Kier alpha value is -2.93. The molecule has 134 valence electrons. The first-order valence-corrected chi connectivity index (χ1v) is 8.20. The van der Waals surface area contributed by atoms with Crippen LogP contribution < -0.4 is 0 Å². The van der Waals surface area contributed by atoms with Crippen molar-refractivity contribution in [1.82, 2.24) is 15.1 Å². The molecule has 0 radical (unpaired) electrons. The van der Waals surface area contributed by atoms with Crippen LogP contribution in [0.15, 0.2) is 28.8 Å². The van der Waals surface area contributed by atoms with Crippen molar-refractivity contribution in [3.05, 3.63) is 57.6 Å². The lowest BCUT2D eigenvalue weighted by molar-refractivity contribution is 0.0452. The van der Waals surface area contributed by atoms with Crippen LogP contribution >= 0.6 is 11.6 Å². The number of carbonyl (C=O) groups excluding carboxylic acids is 2. The number of hydrogen-bond acceptors (Lipinski definition) is 6. The van der Waals surface area contributed by atoms with E-state index in [0.29, 0.717) is 33.3 Å². The molecule has 0 amide bonds. The van der Waals surface area contributed by atoms with E-state index in [4.69, 9.17) is 20.9 Å². The van der Waals surface area contributed by atoms with Crippen LogP contribution in [-0.2, 0) is 11.3 Å². The Kier molecular flexibility index (Phi) is 4.90. The molecule has 3 rings (SSSR count). The fraction of sp³-hybridized carbons (Fsp3) is 0.222. The van der Waals surface area contributed by atoms with Gasteiger partial charge < -0.3 is 14.2 Å². The minimum Gasteiger partial charge on any atom is -0.453 e. The highest BCUT2D eigenvalue weighted by atomic mass is 35.5. The van der Waals surface area contributed by atoms with Gasteiger partial charge in [0.15, 0.2) is 12.4 Å². The standard InChI is InChI=1S/C18H16ClN3O4/c1-9-15(11(3)23)10(2)20-16(9)18(24)25-8-14-21-17(26-22-14)12-4-6-13(19)7-5-12/h4-7,20H,8H2,1-3H3. The highest BCUT2D eigenvalue weighted by Gasteiger charge is 2.21. The van der Waals surface area contributed by atoms with Gasteiger partial charge in [-0.15, -0.1) is 0 Å². The van der Waals surface area contributed by atoms with Gasteiger partial charge in [0, 0.05) is 21.8 Å². The number of H-pyrrole nitrogens is 1. The molecule has 0 unspecified atom stereocenters. The molecule has 26 heavy (non-hydrogen) atoms. The molecule has 2 heterocycles. The maximum absolute atomic E-state index is 12.3. The number of aryl methyl sites for hydroxylation is 1. The second kappa shape index (κ2) is 7.13. The van der Waals surface area contributed by atoms with Gasteiger partial charge >= 0.3 is 5.97 Å². The number of ketones is 1. The average molecular weight is 374 g/mol. The van der Waals surface area contributed by atoms with Gasteiger partial charge in [-0.05, 0) is 50.6 Å². The van der Waals surface area contributed by atoms with E-state index in [9.17, 15) is 9.59 Å². The first-order chi connectivity index (χ1) is 12.4. The summed E-state index contributed by atoms with van der Waals surface area (Å²) in [4.78, 5) is 31.0. The van der Waals surface area contributed by atoms with E-state index in [1.165, 1.54) is 6.92 Å². The largest absolute Gasteiger partial charge is 0.453 e. The van der Waals surface area contributed by atoms with Crippen LogP contribution in [0.2, 0.25) is 5.02 Å². The zero-order chi connectivity index (χ0) is 18.8. The maximum Gasteiger partial charge on any atom is 0.355 e. The summed E-state index contributed by atoms with van der Waals surface area (Å²) in [6, 6.07) is 6.92. The number of hydrogen-bond donors (Lipinski definition) is 1. The third-order valence-corrected chi connectivity index (χ3v) is 4.14. The molecule has 0 atom stereocenters. The quantitative estimate of drug-likeness (QED) is 0.538. The van der Waals surface area contributed by atoms with Gasteiger partial charge in [0.2, 0.25) is 5.82 Å². The predicted octanol–water partition coefficient (Wildman–Crippen LogP) is 3.89. The maximum atomic E-state index is 12.3. The van der Waals surface area contributed by atoms with Crippen molar-refractivity contribution in [2.75, 3.05) is 0 Å². The zero-order valence-corrected chi connectivity index (χ0v) is 15.2. The van der Waals surface area contributed by atoms with Crippen LogP contribution in [0.1, 0.15) is 44.9 Å². The molecule has 3 aromatic rings. The van der Waals surface area contributed by atoms with Crippen molar-refractivity contribution in [1.29, 1.82) is 0 Å². The number of rotatable bonds is 5. The molecule has 0 fully saturated rings. The van der Waals surface area contributed by atoms with E-state index in [0.717, 1.165) is 0 Å². The molecule has 0 aliphatic heterocycles. The number of benzene rings is 1. The van der Waals surface area contributed by atoms with Crippen molar-refractivity contribution in [3.63, 3.8) is 0 Å². The van der Waals surface area contributed by atoms with Crippen molar-refractivity contribution in [2.24, 2.45) is 0 Å². The third-order valence-electron chi connectivity index (χ3n) is 3.89. The highest BCUT2D eigenvalue weighted by Crippen LogP contribution is 2.21. The summed E-state index contributed by atoms with van der Waals surface area (Å²) < 4.78 is 10.4. The molecule has 1 N–H and O–H groups in total.